The number of aliphatic hydroxyl groups excluding tert-OH is 1. The number of nitrogens with zero attached hydrogens (tertiary/aromatic N) is 1. The molecule has 0 atom stereocenters. The van der Waals surface area contributed by atoms with Gasteiger partial charge in [-0.15, -0.1) is 13.2 Å². The maximum absolute atomic E-state index is 9.56. The Morgan fingerprint density at radius 1 is 1.46 bits per heavy atom. The Bertz CT molecular complexity index is 263. The second-order valence-electron chi connectivity index (χ2n) is 2.97. The molecule has 0 aliphatic carbocycles. The molecule has 0 spiro atoms. The van der Waals surface area contributed by atoms with Crippen molar-refractivity contribution in [3.05, 3.63) is 48.9 Å². The Balaban J connectivity index is 2.62. The fourth-order valence-electron chi connectivity index (χ4n) is 1.27. The van der Waals surface area contributed by atoms with Crippen LogP contribution in [0.1, 0.15) is 6.42 Å². The molecule has 0 aromatic carbocycles. The Hall–Kier alpha value is -1.44. The van der Waals surface area contributed by atoms with Gasteiger partial charge in [-0.05, 0) is 12.0 Å². The lowest BCUT2D eigenvalue weighted by molar-refractivity contribution is 0.227. The van der Waals surface area contributed by atoms with Crippen LogP contribution in [-0.2, 0) is 0 Å². The van der Waals surface area contributed by atoms with Gasteiger partial charge in [0, 0.05) is 19.2 Å². The van der Waals surface area contributed by atoms with Gasteiger partial charge in [0.05, 0.1) is 0 Å². The van der Waals surface area contributed by atoms with Gasteiger partial charge in [0.1, 0.15) is 0 Å². The molecule has 13 heavy (non-hydrogen) atoms. The van der Waals surface area contributed by atoms with Crippen LogP contribution < -0.4 is 0 Å². The van der Waals surface area contributed by atoms with E-state index in [1.165, 1.54) is 0 Å². The Morgan fingerprint density at radius 2 is 2.23 bits per heavy atom. The summed E-state index contributed by atoms with van der Waals surface area (Å²) in [6.07, 6.45) is 8.28. The maximum Gasteiger partial charge on any atom is 0.187 e. The summed E-state index contributed by atoms with van der Waals surface area (Å²) in [6, 6.07) is 0. The van der Waals surface area contributed by atoms with E-state index in [0.717, 1.165) is 18.5 Å². The van der Waals surface area contributed by atoms with Gasteiger partial charge >= 0.3 is 0 Å². The Kier molecular flexibility index (Phi) is 3.38. The summed E-state index contributed by atoms with van der Waals surface area (Å²) < 4.78 is 0. The average Bonchev–Trinajstić information content (AvgIpc) is 2.10. The number of hydrogen-bond acceptors (Lipinski definition) is 2. The van der Waals surface area contributed by atoms with Gasteiger partial charge in [0.25, 0.3) is 0 Å². The van der Waals surface area contributed by atoms with Crippen LogP contribution in [0.15, 0.2) is 48.9 Å². The smallest absolute Gasteiger partial charge is 0.187 e. The van der Waals surface area contributed by atoms with Crippen LogP contribution in [0.5, 0.6) is 0 Å². The van der Waals surface area contributed by atoms with Crippen LogP contribution in [0.2, 0.25) is 0 Å². The lowest BCUT2D eigenvalue weighted by Crippen LogP contribution is -2.25. The van der Waals surface area contributed by atoms with E-state index in [-0.39, 0.29) is 0 Å². The van der Waals surface area contributed by atoms with Gasteiger partial charge < -0.3 is 10.0 Å². The lowest BCUT2D eigenvalue weighted by atomic mass is 10.1. The van der Waals surface area contributed by atoms with E-state index < -0.39 is 0 Å². The summed E-state index contributed by atoms with van der Waals surface area (Å²) in [7, 11) is 0. The second kappa shape index (κ2) is 4.55. The third-order valence-corrected chi connectivity index (χ3v) is 1.94. The van der Waals surface area contributed by atoms with Crippen molar-refractivity contribution in [1.82, 2.24) is 4.90 Å². The highest BCUT2D eigenvalue weighted by Crippen LogP contribution is 2.15. The highest BCUT2D eigenvalue weighted by Gasteiger charge is 2.10. The molecule has 0 radical (unpaired) electrons. The monoisotopic (exact) mass is 177 g/mol. The minimum absolute atomic E-state index is 0.319. The maximum atomic E-state index is 9.56. The summed E-state index contributed by atoms with van der Waals surface area (Å²) in [5.41, 5.74) is 1.12. The molecule has 0 fully saturated rings. The normalized spacial score (nSPS) is 16.2. The van der Waals surface area contributed by atoms with Crippen LogP contribution in [0.4, 0.5) is 0 Å². The largest absolute Gasteiger partial charge is 0.495 e. The number of allylic oxidation sites excluding steroid dienone is 3. The molecule has 0 bridgehead atoms. The number of hydrogen-bond donors (Lipinski definition) is 1. The molecule has 1 aliphatic rings. The fourth-order valence-corrected chi connectivity index (χ4v) is 1.27. The summed E-state index contributed by atoms with van der Waals surface area (Å²) in [5, 5.41) is 9.56. The first-order valence-electron chi connectivity index (χ1n) is 4.34. The van der Waals surface area contributed by atoms with Crippen LogP contribution in [0.25, 0.3) is 0 Å². The second-order valence-corrected chi connectivity index (χ2v) is 2.97. The predicted molar refractivity (Wildman–Crippen MR) is 55.4 cm³/mol. The van der Waals surface area contributed by atoms with E-state index >= 15 is 0 Å². The molecule has 70 valence electrons. The minimum atomic E-state index is 0.319. The minimum Gasteiger partial charge on any atom is -0.495 e. The quantitative estimate of drug-likeness (QED) is 0.666. The molecule has 0 aromatic rings. The zero-order chi connectivity index (χ0) is 9.68. The fraction of sp³-hybridized carbons (Fsp3) is 0.273. The van der Waals surface area contributed by atoms with E-state index in [1.807, 2.05) is 11.0 Å². The topological polar surface area (TPSA) is 23.5 Å². The van der Waals surface area contributed by atoms with Crippen LogP contribution in [0.3, 0.4) is 0 Å². The molecule has 0 amide bonds. The Morgan fingerprint density at radius 3 is 2.77 bits per heavy atom. The molecule has 1 aliphatic heterocycles. The van der Waals surface area contributed by atoms with Crippen LogP contribution in [-0.4, -0.2) is 23.1 Å². The van der Waals surface area contributed by atoms with Crippen molar-refractivity contribution in [3.63, 3.8) is 0 Å². The van der Waals surface area contributed by atoms with Gasteiger partial charge in [-0.1, -0.05) is 18.2 Å². The van der Waals surface area contributed by atoms with E-state index in [0.29, 0.717) is 12.4 Å². The van der Waals surface area contributed by atoms with Crippen molar-refractivity contribution < 1.29 is 5.11 Å². The van der Waals surface area contributed by atoms with Crippen molar-refractivity contribution in [2.75, 3.05) is 13.1 Å². The molecule has 0 saturated carbocycles. The molecule has 1 heterocycles. The SMILES string of the molecule is C=CCC1=CCN(CC=C)C(O)=C1. The standard InChI is InChI=1S/C11H15NO/c1-3-5-10-6-8-12(7-4-2)11(13)9-10/h3-4,6,9,13H,1-2,5,7-8H2. The van der Waals surface area contributed by atoms with Gasteiger partial charge in [-0.2, -0.15) is 0 Å². The molecular formula is C11H15NO. The van der Waals surface area contributed by atoms with Gasteiger partial charge in [-0.3, -0.25) is 0 Å². The van der Waals surface area contributed by atoms with Crippen molar-refractivity contribution in [2.45, 2.75) is 6.42 Å². The molecule has 0 unspecified atom stereocenters. The highest BCUT2D eigenvalue weighted by atomic mass is 16.3. The van der Waals surface area contributed by atoms with E-state index in [4.69, 9.17) is 0 Å². The first-order chi connectivity index (χ1) is 6.27. The van der Waals surface area contributed by atoms with Gasteiger partial charge in [-0.25, -0.2) is 0 Å². The summed E-state index contributed by atoms with van der Waals surface area (Å²) >= 11 is 0. The first-order valence-corrected chi connectivity index (χ1v) is 4.34. The highest BCUT2D eigenvalue weighted by molar-refractivity contribution is 5.26. The summed E-state index contributed by atoms with van der Waals surface area (Å²) in [6.45, 7) is 8.71. The molecule has 2 nitrogen and oxygen atoms in total. The van der Waals surface area contributed by atoms with Crippen molar-refractivity contribution >= 4 is 0 Å². The van der Waals surface area contributed by atoms with E-state index in [1.54, 1.807) is 12.2 Å². The van der Waals surface area contributed by atoms with Crippen molar-refractivity contribution in [1.29, 1.82) is 0 Å². The average molecular weight is 177 g/mol. The van der Waals surface area contributed by atoms with Crippen LogP contribution in [0, 0.1) is 0 Å². The number of rotatable bonds is 4. The molecule has 0 aromatic heterocycles. The lowest BCUT2D eigenvalue weighted by Gasteiger charge is -2.24. The first kappa shape index (κ1) is 9.65. The molecule has 2 heteroatoms. The van der Waals surface area contributed by atoms with E-state index in [9.17, 15) is 5.11 Å². The third-order valence-electron chi connectivity index (χ3n) is 1.94. The zero-order valence-electron chi connectivity index (χ0n) is 7.74. The molecule has 1 rings (SSSR count). The van der Waals surface area contributed by atoms with Crippen molar-refractivity contribution in [3.8, 4) is 0 Å². The number of aliphatic hydroxyl groups is 1. The van der Waals surface area contributed by atoms with E-state index in [2.05, 4.69) is 19.2 Å². The van der Waals surface area contributed by atoms with Crippen LogP contribution >= 0.6 is 0 Å². The molecule has 1 N–H and O–H groups in total. The molecular weight excluding hydrogens is 162 g/mol. The Labute approximate surface area is 79.2 Å². The molecule has 0 saturated heterocycles. The van der Waals surface area contributed by atoms with Gasteiger partial charge in [0.15, 0.2) is 5.88 Å². The zero-order valence-corrected chi connectivity index (χ0v) is 7.74. The van der Waals surface area contributed by atoms with Gasteiger partial charge in [0.2, 0.25) is 0 Å². The third kappa shape index (κ3) is 2.51. The summed E-state index contributed by atoms with van der Waals surface area (Å²) in [4.78, 5) is 1.85. The van der Waals surface area contributed by atoms with Crippen molar-refractivity contribution in [2.24, 2.45) is 0 Å². The predicted octanol–water partition coefficient (Wildman–Crippen LogP) is 2.39. The summed E-state index contributed by atoms with van der Waals surface area (Å²) in [5.74, 6) is 0.319.